The third-order valence-corrected chi connectivity index (χ3v) is 8.33. The number of hydrogen-bond donors (Lipinski definition) is 3. The van der Waals surface area contributed by atoms with Crippen LogP contribution >= 0.6 is 0 Å². The maximum atomic E-state index is 12.1. The smallest absolute Gasteiger partial charge is 0.303 e. The molecule has 2 fully saturated rings. The molecule has 2 heterocycles. The van der Waals surface area contributed by atoms with Crippen LogP contribution in [0.2, 0.25) is 0 Å². The predicted octanol–water partition coefficient (Wildman–Crippen LogP) is 4.41. The van der Waals surface area contributed by atoms with Gasteiger partial charge in [0.15, 0.2) is 6.29 Å². The highest BCUT2D eigenvalue weighted by molar-refractivity contribution is 5.76. The van der Waals surface area contributed by atoms with Gasteiger partial charge in [0.25, 0.3) is 0 Å². The number of hydrogen-bond acceptors (Lipinski definition) is 7. The van der Waals surface area contributed by atoms with Crippen molar-refractivity contribution in [3.8, 4) is 0 Å². The van der Waals surface area contributed by atoms with Gasteiger partial charge >= 0.3 is 5.97 Å². The molecule has 0 aliphatic carbocycles. The van der Waals surface area contributed by atoms with Crippen molar-refractivity contribution in [2.24, 2.45) is 0 Å². The van der Waals surface area contributed by atoms with Gasteiger partial charge in [-0.3, -0.25) is 19.4 Å². The summed E-state index contributed by atoms with van der Waals surface area (Å²) in [5, 5.41) is 21.1. The zero-order valence-electron chi connectivity index (χ0n) is 25.1. The van der Waals surface area contributed by atoms with Gasteiger partial charge in [0, 0.05) is 70.6 Å². The van der Waals surface area contributed by atoms with Crippen LogP contribution in [-0.4, -0.2) is 70.7 Å². The maximum absolute atomic E-state index is 12.1. The molecule has 1 amide bonds. The molecule has 0 bridgehead atoms. The molecule has 2 aliphatic rings. The molecule has 44 heavy (non-hydrogen) atoms. The molecule has 0 aromatic heterocycles. The zero-order valence-corrected chi connectivity index (χ0v) is 25.1. The van der Waals surface area contributed by atoms with E-state index in [0.717, 1.165) is 67.9 Å². The van der Waals surface area contributed by atoms with E-state index in [-0.39, 0.29) is 37.6 Å². The molecule has 9 heteroatoms. The lowest BCUT2D eigenvalue weighted by Gasteiger charge is -2.40. The molecule has 3 aromatic carbocycles. The molecule has 0 unspecified atom stereocenters. The summed E-state index contributed by atoms with van der Waals surface area (Å²) in [6, 6.07) is 26.4. The summed E-state index contributed by atoms with van der Waals surface area (Å²) in [7, 11) is 0. The molecular weight excluding hydrogens is 558 g/mol. The number of piperazine rings is 1. The van der Waals surface area contributed by atoms with Crippen LogP contribution in [0.4, 0.5) is 0 Å². The van der Waals surface area contributed by atoms with Crippen molar-refractivity contribution < 1.29 is 29.3 Å². The summed E-state index contributed by atoms with van der Waals surface area (Å²) in [5.41, 5.74) is 5.13. The minimum Gasteiger partial charge on any atom is -0.481 e. The molecule has 5 rings (SSSR count). The molecule has 0 radical (unpaired) electrons. The summed E-state index contributed by atoms with van der Waals surface area (Å²) >= 11 is 0. The first-order valence-corrected chi connectivity index (χ1v) is 15.5. The second-order valence-corrected chi connectivity index (χ2v) is 11.7. The van der Waals surface area contributed by atoms with Gasteiger partial charge in [-0.05, 0) is 28.7 Å². The SMILES string of the molecule is O=C(O)CCCC(=O)NCc1ccc([C@@H]2O[C@H](CN3CCN(Cc4ccccc4)CC3)C[C@H](c3ccc(CO)cc3)O2)cc1. The monoisotopic (exact) mass is 601 g/mol. The number of carbonyl (C=O) groups is 2. The Balaban J connectivity index is 1.19. The fraction of sp³-hybridized carbons (Fsp3) is 0.429. The summed E-state index contributed by atoms with van der Waals surface area (Å²) in [4.78, 5) is 27.7. The van der Waals surface area contributed by atoms with E-state index in [1.165, 1.54) is 5.56 Å². The highest BCUT2D eigenvalue weighted by atomic mass is 16.7. The number of carboxylic acids is 1. The predicted molar refractivity (Wildman–Crippen MR) is 166 cm³/mol. The van der Waals surface area contributed by atoms with Gasteiger partial charge in [-0.1, -0.05) is 78.9 Å². The second kappa shape index (κ2) is 15.9. The highest BCUT2D eigenvalue weighted by Gasteiger charge is 2.33. The lowest BCUT2D eigenvalue weighted by Crippen LogP contribution is -2.49. The van der Waals surface area contributed by atoms with Crippen LogP contribution < -0.4 is 5.32 Å². The molecule has 0 saturated carbocycles. The van der Waals surface area contributed by atoms with Gasteiger partial charge in [-0.15, -0.1) is 0 Å². The molecular formula is C35H43N3O6. The Morgan fingerprint density at radius 1 is 0.773 bits per heavy atom. The van der Waals surface area contributed by atoms with E-state index in [2.05, 4.69) is 45.4 Å². The van der Waals surface area contributed by atoms with Crippen LogP contribution in [0, 0.1) is 0 Å². The first kappa shape index (κ1) is 31.8. The standard InChI is InChI=1S/C35H43N3O6/c39-25-28-11-13-29(14-12-28)32-21-31(24-38-19-17-37(18-20-38)23-27-5-2-1-3-6-27)43-35(44-32)30-15-9-26(10-16-30)22-36-33(40)7-4-8-34(41)42/h1-3,5-6,9-16,31-32,35,39H,4,7-8,17-25H2,(H,36,40)(H,41,42)/t31-,32+,35+/m0/s1. The fourth-order valence-corrected chi connectivity index (χ4v) is 5.77. The first-order valence-electron chi connectivity index (χ1n) is 15.5. The Bertz CT molecular complexity index is 1330. The first-order chi connectivity index (χ1) is 21.4. The summed E-state index contributed by atoms with van der Waals surface area (Å²) in [6.45, 7) is 6.20. The zero-order chi connectivity index (χ0) is 30.7. The number of benzene rings is 3. The molecule has 3 atom stereocenters. The number of carbonyl (C=O) groups excluding carboxylic acids is 1. The number of nitrogens with one attached hydrogen (secondary N) is 1. The number of amides is 1. The summed E-state index contributed by atoms with van der Waals surface area (Å²) in [6.07, 6.45) is 0.559. The van der Waals surface area contributed by atoms with E-state index in [4.69, 9.17) is 14.6 Å². The van der Waals surface area contributed by atoms with E-state index in [1.807, 2.05) is 48.5 Å². The average molecular weight is 602 g/mol. The quantitative estimate of drug-likeness (QED) is 0.264. The van der Waals surface area contributed by atoms with Crippen molar-refractivity contribution in [1.29, 1.82) is 0 Å². The fourth-order valence-electron chi connectivity index (χ4n) is 5.77. The summed E-state index contributed by atoms with van der Waals surface area (Å²) in [5.74, 6) is -1.05. The van der Waals surface area contributed by atoms with E-state index >= 15 is 0 Å². The Morgan fingerprint density at radius 3 is 2.11 bits per heavy atom. The Morgan fingerprint density at radius 2 is 1.43 bits per heavy atom. The largest absolute Gasteiger partial charge is 0.481 e. The number of aliphatic carboxylic acids is 1. The van der Waals surface area contributed by atoms with Crippen molar-refractivity contribution in [3.05, 3.63) is 107 Å². The van der Waals surface area contributed by atoms with Crippen LogP contribution in [0.1, 0.15) is 65.9 Å². The van der Waals surface area contributed by atoms with Gasteiger partial charge in [0.05, 0.1) is 18.8 Å². The van der Waals surface area contributed by atoms with Gasteiger partial charge < -0.3 is 25.0 Å². The molecule has 234 valence electrons. The van der Waals surface area contributed by atoms with Crippen molar-refractivity contribution in [3.63, 3.8) is 0 Å². The van der Waals surface area contributed by atoms with Crippen LogP contribution in [0.5, 0.6) is 0 Å². The van der Waals surface area contributed by atoms with E-state index in [9.17, 15) is 14.7 Å². The van der Waals surface area contributed by atoms with Gasteiger partial charge in [0.1, 0.15) is 0 Å². The van der Waals surface area contributed by atoms with Crippen molar-refractivity contribution in [2.45, 2.75) is 63.9 Å². The van der Waals surface area contributed by atoms with Crippen LogP contribution in [0.3, 0.4) is 0 Å². The Hall–Kier alpha value is -3.60. The van der Waals surface area contributed by atoms with Crippen LogP contribution in [0.25, 0.3) is 0 Å². The molecule has 0 spiro atoms. The molecule has 9 nitrogen and oxygen atoms in total. The third kappa shape index (κ3) is 9.45. The lowest BCUT2D eigenvalue weighted by molar-refractivity contribution is -0.253. The number of aliphatic hydroxyl groups is 1. The number of carboxylic acid groups (broad SMARTS) is 1. The average Bonchev–Trinajstić information content (AvgIpc) is 3.05. The molecule has 3 aromatic rings. The normalized spacial score (nSPS) is 21.2. The van der Waals surface area contributed by atoms with E-state index in [0.29, 0.717) is 13.0 Å². The topological polar surface area (TPSA) is 112 Å². The molecule has 2 saturated heterocycles. The third-order valence-electron chi connectivity index (χ3n) is 8.33. The van der Waals surface area contributed by atoms with Crippen LogP contribution in [-0.2, 0) is 38.8 Å². The lowest BCUT2D eigenvalue weighted by atomic mass is 9.99. The maximum Gasteiger partial charge on any atom is 0.303 e. The van der Waals surface area contributed by atoms with Gasteiger partial charge in [0.2, 0.25) is 5.91 Å². The van der Waals surface area contributed by atoms with Crippen molar-refractivity contribution >= 4 is 11.9 Å². The van der Waals surface area contributed by atoms with Crippen molar-refractivity contribution in [1.82, 2.24) is 15.1 Å². The number of aliphatic hydroxyl groups excluding tert-OH is 1. The van der Waals surface area contributed by atoms with Gasteiger partial charge in [-0.2, -0.15) is 0 Å². The van der Waals surface area contributed by atoms with Crippen LogP contribution in [0.15, 0.2) is 78.9 Å². The second-order valence-electron chi connectivity index (χ2n) is 11.7. The number of rotatable bonds is 13. The van der Waals surface area contributed by atoms with E-state index < -0.39 is 12.3 Å². The van der Waals surface area contributed by atoms with Crippen molar-refractivity contribution in [2.75, 3.05) is 32.7 Å². The Kier molecular flexibility index (Phi) is 11.5. The number of ether oxygens (including phenoxy) is 2. The summed E-state index contributed by atoms with van der Waals surface area (Å²) < 4.78 is 13.1. The highest BCUT2D eigenvalue weighted by Crippen LogP contribution is 2.38. The Labute approximate surface area is 259 Å². The number of nitrogens with zero attached hydrogens (tertiary/aromatic N) is 2. The minimum atomic E-state index is -0.895. The van der Waals surface area contributed by atoms with Gasteiger partial charge in [-0.25, -0.2) is 0 Å². The molecule has 2 aliphatic heterocycles. The minimum absolute atomic E-state index is 0.00551. The van der Waals surface area contributed by atoms with E-state index in [1.54, 1.807) is 0 Å². The molecule has 3 N–H and O–H groups in total.